The van der Waals surface area contributed by atoms with Crippen LogP contribution >= 0.6 is 22.6 Å². The smallest absolute Gasteiger partial charge is 0.233 e. The topological polar surface area (TPSA) is 29.5 Å². The quantitative estimate of drug-likeness (QED) is 0.243. The molecule has 0 saturated heterocycles. The van der Waals surface area contributed by atoms with E-state index in [4.69, 9.17) is 4.84 Å². The van der Waals surface area contributed by atoms with Crippen LogP contribution in [0.25, 0.3) is 0 Å². The molecular formula is C8H12INO2. The van der Waals surface area contributed by atoms with Gasteiger partial charge in [-0.2, -0.15) is 0 Å². The molecule has 3 nitrogen and oxygen atoms in total. The Kier molecular flexibility index (Phi) is 3.52. The van der Waals surface area contributed by atoms with Crippen molar-refractivity contribution in [1.29, 1.82) is 0 Å². The summed E-state index contributed by atoms with van der Waals surface area (Å²) in [6, 6.07) is 0. The van der Waals surface area contributed by atoms with Gasteiger partial charge in [0.2, 0.25) is 6.41 Å². The summed E-state index contributed by atoms with van der Waals surface area (Å²) in [5, 5.41) is 1.43. The van der Waals surface area contributed by atoms with E-state index in [9.17, 15) is 4.79 Å². The Morgan fingerprint density at radius 3 is 2.67 bits per heavy atom. The van der Waals surface area contributed by atoms with Crippen molar-refractivity contribution in [2.24, 2.45) is 0 Å². The third-order valence-electron chi connectivity index (χ3n) is 1.97. The largest absolute Gasteiger partial charge is 0.276 e. The molecule has 0 radical (unpaired) electrons. The van der Waals surface area contributed by atoms with Crippen molar-refractivity contribution in [3.8, 4) is 0 Å². The number of hydrogen-bond acceptors (Lipinski definition) is 2. The minimum atomic E-state index is -0.00861. The molecule has 0 N–H and O–H groups in total. The molecular weight excluding hydrogens is 269 g/mol. The Morgan fingerprint density at radius 2 is 2.33 bits per heavy atom. The molecule has 0 bridgehead atoms. The van der Waals surface area contributed by atoms with Crippen molar-refractivity contribution in [3.05, 3.63) is 12.7 Å². The maximum Gasteiger partial charge on any atom is 0.233 e. The van der Waals surface area contributed by atoms with Gasteiger partial charge in [-0.15, -0.1) is 6.58 Å². The lowest BCUT2D eigenvalue weighted by Gasteiger charge is -2.24. The molecule has 0 aromatic heterocycles. The van der Waals surface area contributed by atoms with Crippen LogP contribution in [0.1, 0.15) is 12.8 Å². The summed E-state index contributed by atoms with van der Waals surface area (Å²) >= 11 is 2.28. The molecule has 0 atom stereocenters. The second kappa shape index (κ2) is 4.23. The fourth-order valence-corrected chi connectivity index (χ4v) is 2.07. The molecule has 1 saturated carbocycles. The van der Waals surface area contributed by atoms with Gasteiger partial charge in [0.25, 0.3) is 0 Å². The van der Waals surface area contributed by atoms with E-state index in [2.05, 4.69) is 29.2 Å². The first-order chi connectivity index (χ1) is 5.79. The number of amides is 1. The lowest BCUT2D eigenvalue weighted by atomic mass is 10.3. The van der Waals surface area contributed by atoms with Crippen LogP contribution in [0.15, 0.2) is 12.7 Å². The number of rotatable bonds is 6. The first kappa shape index (κ1) is 9.98. The predicted octanol–water partition coefficient (Wildman–Crippen LogP) is 1.53. The summed E-state index contributed by atoms with van der Waals surface area (Å²) in [5.41, 5.74) is -0.00861. The van der Waals surface area contributed by atoms with Gasteiger partial charge in [0, 0.05) is 4.43 Å². The van der Waals surface area contributed by atoms with E-state index >= 15 is 0 Å². The van der Waals surface area contributed by atoms with Gasteiger partial charge in [-0.3, -0.25) is 9.63 Å². The molecule has 0 spiro atoms. The Hall–Kier alpha value is -0.100. The van der Waals surface area contributed by atoms with E-state index in [0.717, 1.165) is 23.7 Å². The number of hydroxylamine groups is 2. The summed E-state index contributed by atoms with van der Waals surface area (Å²) in [7, 11) is 0. The first-order valence-electron chi connectivity index (χ1n) is 3.83. The second-order valence-corrected chi connectivity index (χ2v) is 3.64. The van der Waals surface area contributed by atoms with E-state index in [-0.39, 0.29) is 5.54 Å². The Bertz CT molecular complexity index is 180. The molecule has 0 heterocycles. The number of carbonyl (C=O) groups is 1. The molecule has 1 aliphatic carbocycles. The molecule has 1 rings (SSSR count). The number of nitrogens with zero attached hydrogens (tertiary/aromatic N) is 1. The van der Waals surface area contributed by atoms with E-state index < -0.39 is 0 Å². The fourth-order valence-electron chi connectivity index (χ4n) is 0.969. The van der Waals surface area contributed by atoms with Gasteiger partial charge in [-0.25, -0.2) is 5.06 Å². The fraction of sp³-hybridized carbons (Fsp3) is 0.625. The van der Waals surface area contributed by atoms with Gasteiger partial charge < -0.3 is 0 Å². The normalized spacial score (nSPS) is 18.4. The summed E-state index contributed by atoms with van der Waals surface area (Å²) in [6.45, 7) is 3.93. The van der Waals surface area contributed by atoms with Gasteiger partial charge in [0.05, 0.1) is 12.1 Å². The van der Waals surface area contributed by atoms with E-state index in [1.54, 1.807) is 6.08 Å². The highest BCUT2D eigenvalue weighted by Gasteiger charge is 2.48. The van der Waals surface area contributed by atoms with Crippen molar-refractivity contribution >= 4 is 29.0 Å². The van der Waals surface area contributed by atoms with Crippen molar-refractivity contribution in [2.75, 3.05) is 11.0 Å². The minimum Gasteiger partial charge on any atom is -0.276 e. The number of carbonyl (C=O) groups excluding carboxylic acids is 1. The Balaban J connectivity index is 2.44. The van der Waals surface area contributed by atoms with Crippen molar-refractivity contribution in [2.45, 2.75) is 18.4 Å². The van der Waals surface area contributed by atoms with Crippen LogP contribution in [-0.4, -0.2) is 28.0 Å². The third kappa shape index (κ3) is 1.98. The monoisotopic (exact) mass is 281 g/mol. The zero-order valence-electron chi connectivity index (χ0n) is 6.83. The highest BCUT2D eigenvalue weighted by Crippen LogP contribution is 2.42. The van der Waals surface area contributed by atoms with E-state index in [0.29, 0.717) is 6.61 Å². The van der Waals surface area contributed by atoms with Gasteiger partial charge >= 0.3 is 0 Å². The molecule has 4 heteroatoms. The van der Waals surface area contributed by atoms with Crippen LogP contribution in [0.5, 0.6) is 0 Å². The zero-order valence-corrected chi connectivity index (χ0v) is 8.99. The van der Waals surface area contributed by atoms with Crippen LogP contribution < -0.4 is 0 Å². The first-order valence-corrected chi connectivity index (χ1v) is 5.36. The molecule has 0 aromatic rings. The molecule has 1 fully saturated rings. The third-order valence-corrected chi connectivity index (χ3v) is 3.39. The van der Waals surface area contributed by atoms with Crippen LogP contribution in [0, 0.1) is 0 Å². The SMILES string of the molecule is C=CCON(C=O)C1(CI)CC1. The lowest BCUT2D eigenvalue weighted by molar-refractivity contribution is -0.183. The standard InChI is InChI=1S/C8H12INO2/c1-2-5-12-10(7-11)8(6-9)3-4-8/h2,7H,1,3-6H2. The highest BCUT2D eigenvalue weighted by atomic mass is 127. The molecule has 68 valence electrons. The second-order valence-electron chi connectivity index (χ2n) is 2.87. The van der Waals surface area contributed by atoms with Crippen molar-refractivity contribution in [3.63, 3.8) is 0 Å². The molecule has 0 aliphatic heterocycles. The maximum absolute atomic E-state index is 10.6. The number of hydrogen-bond donors (Lipinski definition) is 0. The van der Waals surface area contributed by atoms with Crippen LogP contribution in [0.2, 0.25) is 0 Å². The Morgan fingerprint density at radius 1 is 1.67 bits per heavy atom. The van der Waals surface area contributed by atoms with Crippen LogP contribution in [-0.2, 0) is 9.63 Å². The average Bonchev–Trinajstić information content (AvgIpc) is 2.87. The van der Waals surface area contributed by atoms with E-state index in [1.807, 2.05) is 0 Å². The summed E-state index contributed by atoms with van der Waals surface area (Å²) in [5.74, 6) is 0. The van der Waals surface area contributed by atoms with Gasteiger partial charge in [0.1, 0.15) is 0 Å². The highest BCUT2D eigenvalue weighted by molar-refractivity contribution is 14.1. The zero-order chi connectivity index (χ0) is 9.03. The molecule has 1 aliphatic rings. The van der Waals surface area contributed by atoms with Gasteiger partial charge in [-0.1, -0.05) is 28.7 Å². The number of halogens is 1. The molecule has 12 heavy (non-hydrogen) atoms. The molecule has 0 unspecified atom stereocenters. The maximum atomic E-state index is 10.6. The summed E-state index contributed by atoms with van der Waals surface area (Å²) < 4.78 is 0.931. The van der Waals surface area contributed by atoms with Crippen molar-refractivity contribution < 1.29 is 9.63 Å². The van der Waals surface area contributed by atoms with Crippen LogP contribution in [0.4, 0.5) is 0 Å². The molecule has 1 amide bonds. The van der Waals surface area contributed by atoms with Crippen LogP contribution in [0.3, 0.4) is 0 Å². The van der Waals surface area contributed by atoms with Gasteiger partial charge in [-0.05, 0) is 12.8 Å². The predicted molar refractivity (Wildman–Crippen MR) is 54.9 cm³/mol. The summed E-state index contributed by atoms with van der Waals surface area (Å²) in [6.07, 6.45) is 4.49. The molecule has 0 aromatic carbocycles. The van der Waals surface area contributed by atoms with Crippen molar-refractivity contribution in [1.82, 2.24) is 5.06 Å². The lowest BCUT2D eigenvalue weighted by Crippen LogP contribution is -2.37. The van der Waals surface area contributed by atoms with Gasteiger partial charge in [0.15, 0.2) is 0 Å². The minimum absolute atomic E-state index is 0.00861. The van der Waals surface area contributed by atoms with E-state index in [1.165, 1.54) is 5.06 Å². The number of alkyl halides is 1. The summed E-state index contributed by atoms with van der Waals surface area (Å²) in [4.78, 5) is 15.8. The Labute approximate surface area is 85.8 Å². The average molecular weight is 281 g/mol.